The molecule has 4 nitrogen and oxygen atoms in total. The van der Waals surface area contributed by atoms with Crippen molar-refractivity contribution in [3.05, 3.63) is 45.4 Å². The molecule has 0 spiro atoms. The molecule has 0 fully saturated rings. The van der Waals surface area contributed by atoms with Gasteiger partial charge in [-0.25, -0.2) is 9.78 Å². The summed E-state index contributed by atoms with van der Waals surface area (Å²) in [4.78, 5) is 13.4. The van der Waals surface area contributed by atoms with E-state index in [0.717, 1.165) is 12.0 Å². The minimum Gasteiger partial charge on any atom is -0.486 e. The highest BCUT2D eigenvalue weighted by atomic mass is 32.1. The Hall–Kier alpha value is -2.09. The van der Waals surface area contributed by atoms with Crippen molar-refractivity contribution < 1.29 is 27.8 Å². The number of nitrogens with zero attached hydrogens (tertiary/aromatic N) is 1. The molecule has 0 atom stereocenters. The Bertz CT molecular complexity index is 665. The van der Waals surface area contributed by atoms with Crippen molar-refractivity contribution in [2.45, 2.75) is 26.1 Å². The van der Waals surface area contributed by atoms with Gasteiger partial charge in [-0.15, -0.1) is 11.3 Å². The van der Waals surface area contributed by atoms with Gasteiger partial charge in [0.15, 0.2) is 5.69 Å². The van der Waals surface area contributed by atoms with E-state index in [1.807, 2.05) is 19.1 Å². The lowest BCUT2D eigenvalue weighted by molar-refractivity contribution is -0.141. The molecule has 22 heavy (non-hydrogen) atoms. The van der Waals surface area contributed by atoms with E-state index in [0.29, 0.717) is 17.1 Å². The number of carboxylic acids is 1. The van der Waals surface area contributed by atoms with Crippen molar-refractivity contribution in [1.29, 1.82) is 0 Å². The number of carboxylic acid groups (broad SMARTS) is 1. The highest BCUT2D eigenvalue weighted by Crippen LogP contribution is 2.34. The fraction of sp³-hybridized carbons (Fsp3) is 0.286. The van der Waals surface area contributed by atoms with Gasteiger partial charge < -0.3 is 9.84 Å². The largest absolute Gasteiger partial charge is 0.486 e. The molecule has 0 radical (unpaired) electrons. The van der Waals surface area contributed by atoms with E-state index in [4.69, 9.17) is 9.84 Å². The normalized spacial score (nSPS) is 11.5. The summed E-state index contributed by atoms with van der Waals surface area (Å²) in [7, 11) is 0. The molecule has 1 heterocycles. The van der Waals surface area contributed by atoms with Crippen LogP contribution in [0.4, 0.5) is 13.2 Å². The van der Waals surface area contributed by atoms with Crippen LogP contribution in [0.2, 0.25) is 0 Å². The quantitative estimate of drug-likeness (QED) is 0.899. The predicted molar refractivity (Wildman–Crippen MR) is 74.2 cm³/mol. The van der Waals surface area contributed by atoms with Crippen LogP contribution in [0.1, 0.15) is 32.9 Å². The molecular weight excluding hydrogens is 319 g/mol. The van der Waals surface area contributed by atoms with Gasteiger partial charge in [0.2, 0.25) is 0 Å². The van der Waals surface area contributed by atoms with Crippen molar-refractivity contribution in [3.63, 3.8) is 0 Å². The second kappa shape index (κ2) is 6.35. The minimum atomic E-state index is -4.80. The lowest BCUT2D eigenvalue weighted by atomic mass is 10.2. The first kappa shape index (κ1) is 16.3. The van der Waals surface area contributed by atoms with E-state index in [1.54, 1.807) is 12.1 Å². The first-order chi connectivity index (χ1) is 10.3. The van der Waals surface area contributed by atoms with Crippen LogP contribution in [0.3, 0.4) is 0 Å². The van der Waals surface area contributed by atoms with Crippen molar-refractivity contribution in [1.82, 2.24) is 4.98 Å². The summed E-state index contributed by atoms with van der Waals surface area (Å²) < 4.78 is 43.5. The van der Waals surface area contributed by atoms with E-state index < -0.39 is 22.7 Å². The fourth-order valence-electron chi connectivity index (χ4n) is 1.73. The number of hydrogen-bond donors (Lipinski definition) is 1. The molecule has 0 saturated heterocycles. The molecule has 1 N–H and O–H groups in total. The summed E-state index contributed by atoms with van der Waals surface area (Å²) in [5, 5.41) is 8.78. The highest BCUT2D eigenvalue weighted by Gasteiger charge is 2.39. The summed E-state index contributed by atoms with van der Waals surface area (Å²) in [6.07, 6.45) is -3.94. The Balaban J connectivity index is 2.14. The van der Waals surface area contributed by atoms with Crippen molar-refractivity contribution in [2.24, 2.45) is 0 Å². The minimum absolute atomic E-state index is 0.0377. The van der Waals surface area contributed by atoms with Crippen molar-refractivity contribution in [2.75, 3.05) is 0 Å². The molecular formula is C14H12F3NO3S. The fourth-order valence-corrected chi connectivity index (χ4v) is 2.57. The Morgan fingerprint density at radius 1 is 1.32 bits per heavy atom. The van der Waals surface area contributed by atoms with Gasteiger partial charge in [0.05, 0.1) is 0 Å². The van der Waals surface area contributed by atoms with E-state index in [1.165, 1.54) is 0 Å². The molecule has 0 aliphatic heterocycles. The van der Waals surface area contributed by atoms with Gasteiger partial charge in [-0.05, 0) is 24.1 Å². The Labute approximate surface area is 128 Å². The van der Waals surface area contributed by atoms with Crippen LogP contribution >= 0.6 is 11.3 Å². The van der Waals surface area contributed by atoms with E-state index in [2.05, 4.69) is 4.98 Å². The van der Waals surface area contributed by atoms with E-state index in [9.17, 15) is 18.0 Å². The molecule has 118 valence electrons. The lowest BCUT2D eigenvalue weighted by Gasteiger charge is -2.05. The van der Waals surface area contributed by atoms with Gasteiger partial charge in [0.25, 0.3) is 0 Å². The summed E-state index contributed by atoms with van der Waals surface area (Å²) in [6.45, 7) is 1.78. The van der Waals surface area contributed by atoms with Crippen LogP contribution in [-0.2, 0) is 19.2 Å². The second-order valence-electron chi connectivity index (χ2n) is 4.37. The maximum absolute atomic E-state index is 12.7. The van der Waals surface area contributed by atoms with Gasteiger partial charge >= 0.3 is 12.1 Å². The number of rotatable bonds is 5. The van der Waals surface area contributed by atoms with E-state index in [-0.39, 0.29) is 11.6 Å². The smallest absolute Gasteiger partial charge is 0.435 e. The predicted octanol–water partition coefficient (Wildman–Crippen LogP) is 4.00. The Kier molecular flexibility index (Phi) is 4.70. The van der Waals surface area contributed by atoms with Gasteiger partial charge in [0.1, 0.15) is 22.2 Å². The SMILES string of the molecule is CCc1ccc(OCc2nc(C(F)(F)F)c(C(=O)O)s2)cc1. The maximum Gasteiger partial charge on any atom is 0.435 e. The molecule has 1 aromatic heterocycles. The standard InChI is InChI=1S/C14H12F3NO3S/c1-2-8-3-5-9(6-4-8)21-7-10-18-12(14(15,16)17)11(22-10)13(19)20/h3-6H,2,7H2,1H3,(H,19,20). The van der Waals surface area contributed by atoms with Gasteiger partial charge in [-0.1, -0.05) is 19.1 Å². The first-order valence-electron chi connectivity index (χ1n) is 6.33. The van der Waals surface area contributed by atoms with Gasteiger partial charge in [0, 0.05) is 0 Å². The summed E-state index contributed by atoms with van der Waals surface area (Å²) in [5.41, 5.74) is -0.279. The third-order valence-electron chi connectivity index (χ3n) is 2.83. The monoisotopic (exact) mass is 331 g/mol. The van der Waals surface area contributed by atoms with E-state index >= 15 is 0 Å². The second-order valence-corrected chi connectivity index (χ2v) is 5.46. The number of aryl methyl sites for hydroxylation is 1. The first-order valence-corrected chi connectivity index (χ1v) is 7.15. The molecule has 0 bridgehead atoms. The van der Waals surface area contributed by atoms with Crippen molar-refractivity contribution in [3.8, 4) is 5.75 Å². The number of aromatic carboxylic acids is 1. The van der Waals surface area contributed by atoms with Crippen LogP contribution in [0, 0.1) is 0 Å². The van der Waals surface area contributed by atoms with Crippen LogP contribution in [0.15, 0.2) is 24.3 Å². The maximum atomic E-state index is 12.7. The molecule has 0 amide bonds. The Morgan fingerprint density at radius 3 is 2.41 bits per heavy atom. The van der Waals surface area contributed by atoms with Crippen LogP contribution < -0.4 is 4.74 Å². The number of halogens is 3. The molecule has 8 heteroatoms. The molecule has 2 aromatic rings. The molecule has 0 unspecified atom stereocenters. The number of ether oxygens (including phenoxy) is 1. The summed E-state index contributed by atoms with van der Waals surface area (Å²) in [6, 6.07) is 7.10. The number of aromatic nitrogens is 1. The van der Waals surface area contributed by atoms with Crippen LogP contribution in [0.25, 0.3) is 0 Å². The zero-order valence-electron chi connectivity index (χ0n) is 11.5. The number of benzene rings is 1. The van der Waals surface area contributed by atoms with Crippen molar-refractivity contribution >= 4 is 17.3 Å². The Morgan fingerprint density at radius 2 is 1.95 bits per heavy atom. The summed E-state index contributed by atoms with van der Waals surface area (Å²) >= 11 is 0.466. The number of alkyl halides is 3. The van der Waals surface area contributed by atoms with Crippen LogP contribution in [0.5, 0.6) is 5.75 Å². The topological polar surface area (TPSA) is 59.4 Å². The number of carbonyl (C=O) groups is 1. The molecule has 2 rings (SSSR count). The number of thiazole rings is 1. The average Bonchev–Trinajstić information content (AvgIpc) is 2.90. The highest BCUT2D eigenvalue weighted by molar-refractivity contribution is 7.13. The molecule has 0 aliphatic rings. The van der Waals surface area contributed by atoms with Crippen LogP contribution in [-0.4, -0.2) is 16.1 Å². The summed E-state index contributed by atoms with van der Waals surface area (Å²) in [5.74, 6) is -1.17. The lowest BCUT2D eigenvalue weighted by Crippen LogP contribution is -2.11. The average molecular weight is 331 g/mol. The molecule has 0 saturated carbocycles. The zero-order valence-corrected chi connectivity index (χ0v) is 12.3. The third-order valence-corrected chi connectivity index (χ3v) is 3.84. The van der Waals surface area contributed by atoms with Gasteiger partial charge in [-0.3, -0.25) is 0 Å². The number of hydrogen-bond acceptors (Lipinski definition) is 4. The van der Waals surface area contributed by atoms with Gasteiger partial charge in [-0.2, -0.15) is 13.2 Å². The third kappa shape index (κ3) is 3.76. The molecule has 0 aliphatic carbocycles. The zero-order chi connectivity index (χ0) is 16.3. The molecule has 1 aromatic carbocycles.